The molecule has 0 aliphatic carbocycles. The third kappa shape index (κ3) is 5.21. The Labute approximate surface area is 136 Å². The van der Waals surface area contributed by atoms with E-state index in [0.29, 0.717) is 32.8 Å². The summed E-state index contributed by atoms with van der Waals surface area (Å²) in [5.74, 6) is -0.195. The topological polar surface area (TPSA) is 83.6 Å². The molecule has 0 aromatic carbocycles. The fourth-order valence-corrected chi connectivity index (χ4v) is 2.33. The lowest BCUT2D eigenvalue weighted by molar-refractivity contribution is -0.124. The first-order chi connectivity index (χ1) is 11.1. The van der Waals surface area contributed by atoms with Crippen LogP contribution in [-0.2, 0) is 16.1 Å². The Balaban J connectivity index is 1.89. The summed E-state index contributed by atoms with van der Waals surface area (Å²) in [7, 11) is 0. The molecule has 1 atom stereocenters. The molecule has 1 aromatic rings. The lowest BCUT2D eigenvalue weighted by Gasteiger charge is -2.30. The van der Waals surface area contributed by atoms with Crippen LogP contribution < -0.4 is 10.6 Å². The average Bonchev–Trinajstić information content (AvgIpc) is 2.58. The number of pyridine rings is 1. The Morgan fingerprint density at radius 2 is 2.09 bits per heavy atom. The number of carbonyl (C=O) groups excluding carboxylic acids is 2. The van der Waals surface area contributed by atoms with E-state index in [-0.39, 0.29) is 17.9 Å². The Bertz CT molecular complexity index is 515. The van der Waals surface area contributed by atoms with Crippen LogP contribution >= 0.6 is 0 Å². The highest BCUT2D eigenvalue weighted by molar-refractivity contribution is 5.87. The standard InChI is InChI=1S/C16H24N4O3/c1-12(2)14(19-16(22)20-6-8-23-9-7-20)15(21)18-11-13-4-3-5-17-10-13/h3-5,10,12,14H,6-9,11H2,1-2H3,(H,18,21)(H,19,22)/t14-/m1/s1. The van der Waals surface area contributed by atoms with Gasteiger partial charge in [0.15, 0.2) is 0 Å². The highest BCUT2D eigenvalue weighted by atomic mass is 16.5. The van der Waals surface area contributed by atoms with Crippen LogP contribution in [0.1, 0.15) is 19.4 Å². The number of morpholine rings is 1. The van der Waals surface area contributed by atoms with Crippen LogP contribution in [0, 0.1) is 5.92 Å². The van der Waals surface area contributed by atoms with Crippen molar-refractivity contribution in [2.75, 3.05) is 26.3 Å². The normalized spacial score (nSPS) is 16.0. The van der Waals surface area contributed by atoms with E-state index in [4.69, 9.17) is 4.74 Å². The lowest BCUT2D eigenvalue weighted by Crippen LogP contribution is -2.55. The van der Waals surface area contributed by atoms with Gasteiger partial charge in [-0.1, -0.05) is 19.9 Å². The first kappa shape index (κ1) is 17.2. The maximum Gasteiger partial charge on any atom is 0.318 e. The van der Waals surface area contributed by atoms with Gasteiger partial charge in [-0.05, 0) is 17.5 Å². The number of rotatable bonds is 5. The van der Waals surface area contributed by atoms with E-state index < -0.39 is 6.04 Å². The molecular formula is C16H24N4O3. The van der Waals surface area contributed by atoms with Gasteiger partial charge < -0.3 is 20.3 Å². The van der Waals surface area contributed by atoms with Crippen molar-refractivity contribution in [3.05, 3.63) is 30.1 Å². The van der Waals surface area contributed by atoms with Crippen LogP contribution in [0.3, 0.4) is 0 Å². The van der Waals surface area contributed by atoms with Gasteiger partial charge in [-0.15, -0.1) is 0 Å². The van der Waals surface area contributed by atoms with Crippen LogP contribution in [0.2, 0.25) is 0 Å². The highest BCUT2D eigenvalue weighted by Gasteiger charge is 2.26. The smallest absolute Gasteiger partial charge is 0.318 e. The predicted molar refractivity (Wildman–Crippen MR) is 85.6 cm³/mol. The third-order valence-corrected chi connectivity index (χ3v) is 3.72. The average molecular weight is 320 g/mol. The molecule has 23 heavy (non-hydrogen) atoms. The molecule has 1 aromatic heterocycles. The minimum absolute atomic E-state index is 0.00566. The summed E-state index contributed by atoms with van der Waals surface area (Å²) < 4.78 is 5.23. The van der Waals surface area contributed by atoms with Gasteiger partial charge in [-0.3, -0.25) is 9.78 Å². The Hall–Kier alpha value is -2.15. The summed E-state index contributed by atoms with van der Waals surface area (Å²) in [5.41, 5.74) is 0.919. The van der Waals surface area contributed by atoms with Crippen molar-refractivity contribution in [3.63, 3.8) is 0 Å². The molecule has 0 bridgehead atoms. The summed E-state index contributed by atoms with van der Waals surface area (Å²) >= 11 is 0. The van der Waals surface area contributed by atoms with E-state index in [1.54, 1.807) is 17.3 Å². The Morgan fingerprint density at radius 1 is 1.35 bits per heavy atom. The van der Waals surface area contributed by atoms with Crippen LogP contribution in [0.25, 0.3) is 0 Å². The number of hydrogen-bond donors (Lipinski definition) is 2. The first-order valence-corrected chi connectivity index (χ1v) is 7.87. The zero-order valence-electron chi connectivity index (χ0n) is 13.6. The van der Waals surface area contributed by atoms with E-state index in [1.807, 2.05) is 26.0 Å². The van der Waals surface area contributed by atoms with Gasteiger partial charge in [0.05, 0.1) is 13.2 Å². The van der Waals surface area contributed by atoms with E-state index in [2.05, 4.69) is 15.6 Å². The molecule has 0 spiro atoms. The van der Waals surface area contributed by atoms with Gasteiger partial charge in [-0.2, -0.15) is 0 Å². The summed E-state index contributed by atoms with van der Waals surface area (Å²) in [6.45, 7) is 6.38. The van der Waals surface area contributed by atoms with Gasteiger partial charge in [0.1, 0.15) is 6.04 Å². The minimum atomic E-state index is -0.568. The monoisotopic (exact) mass is 320 g/mol. The number of carbonyl (C=O) groups is 2. The van der Waals surface area contributed by atoms with Crippen LogP contribution in [0.15, 0.2) is 24.5 Å². The zero-order valence-corrected chi connectivity index (χ0v) is 13.6. The molecule has 3 amide bonds. The van der Waals surface area contributed by atoms with E-state index >= 15 is 0 Å². The largest absolute Gasteiger partial charge is 0.378 e. The molecule has 0 saturated carbocycles. The molecule has 1 fully saturated rings. The number of nitrogens with zero attached hydrogens (tertiary/aromatic N) is 2. The number of amides is 3. The van der Waals surface area contributed by atoms with E-state index in [9.17, 15) is 9.59 Å². The second-order valence-electron chi connectivity index (χ2n) is 5.85. The molecule has 7 heteroatoms. The fraction of sp³-hybridized carbons (Fsp3) is 0.562. The van der Waals surface area contributed by atoms with Crippen LogP contribution in [0.4, 0.5) is 4.79 Å². The van der Waals surface area contributed by atoms with Gasteiger partial charge in [-0.25, -0.2) is 4.79 Å². The number of hydrogen-bond acceptors (Lipinski definition) is 4. The lowest BCUT2D eigenvalue weighted by atomic mass is 10.0. The SMILES string of the molecule is CC(C)[C@@H](NC(=O)N1CCOCC1)C(=O)NCc1cccnc1. The molecule has 2 N–H and O–H groups in total. The van der Waals surface area contributed by atoms with Crippen LogP contribution in [-0.4, -0.2) is 54.2 Å². The van der Waals surface area contributed by atoms with Crippen molar-refractivity contribution in [1.82, 2.24) is 20.5 Å². The third-order valence-electron chi connectivity index (χ3n) is 3.72. The number of ether oxygens (including phenoxy) is 1. The van der Waals surface area contributed by atoms with Crippen molar-refractivity contribution in [2.24, 2.45) is 5.92 Å². The highest BCUT2D eigenvalue weighted by Crippen LogP contribution is 2.05. The van der Waals surface area contributed by atoms with Gasteiger partial charge in [0.2, 0.25) is 5.91 Å². The molecule has 1 aliphatic rings. The summed E-state index contributed by atoms with van der Waals surface area (Å²) in [5, 5.41) is 5.68. The second-order valence-corrected chi connectivity index (χ2v) is 5.85. The maximum absolute atomic E-state index is 12.4. The molecule has 0 unspecified atom stereocenters. The fourth-order valence-electron chi connectivity index (χ4n) is 2.33. The van der Waals surface area contributed by atoms with Gasteiger partial charge in [0, 0.05) is 32.0 Å². The van der Waals surface area contributed by atoms with E-state index in [0.717, 1.165) is 5.56 Å². The molecule has 1 aliphatic heterocycles. The number of nitrogens with one attached hydrogen (secondary N) is 2. The second kappa shape index (κ2) is 8.47. The number of aromatic nitrogens is 1. The molecule has 7 nitrogen and oxygen atoms in total. The van der Waals surface area contributed by atoms with Crippen molar-refractivity contribution in [2.45, 2.75) is 26.4 Å². The molecule has 1 saturated heterocycles. The molecule has 2 rings (SSSR count). The van der Waals surface area contributed by atoms with Gasteiger partial charge in [0.25, 0.3) is 0 Å². The van der Waals surface area contributed by atoms with Crippen molar-refractivity contribution in [1.29, 1.82) is 0 Å². The maximum atomic E-state index is 12.4. The molecule has 126 valence electrons. The first-order valence-electron chi connectivity index (χ1n) is 7.87. The molecule has 2 heterocycles. The van der Waals surface area contributed by atoms with Gasteiger partial charge >= 0.3 is 6.03 Å². The Morgan fingerprint density at radius 3 is 2.70 bits per heavy atom. The Kier molecular flexibility index (Phi) is 6.34. The molecular weight excluding hydrogens is 296 g/mol. The zero-order chi connectivity index (χ0) is 16.7. The van der Waals surface area contributed by atoms with Crippen molar-refractivity contribution >= 4 is 11.9 Å². The minimum Gasteiger partial charge on any atom is -0.378 e. The van der Waals surface area contributed by atoms with E-state index in [1.165, 1.54) is 0 Å². The van der Waals surface area contributed by atoms with Crippen molar-refractivity contribution in [3.8, 4) is 0 Å². The summed E-state index contributed by atoms with van der Waals surface area (Å²) in [4.78, 5) is 30.3. The van der Waals surface area contributed by atoms with Crippen LogP contribution in [0.5, 0.6) is 0 Å². The molecule has 0 radical (unpaired) electrons. The summed E-state index contributed by atoms with van der Waals surface area (Å²) in [6.07, 6.45) is 3.39. The quantitative estimate of drug-likeness (QED) is 0.839. The predicted octanol–water partition coefficient (Wildman–Crippen LogP) is 0.764. The number of urea groups is 1. The summed E-state index contributed by atoms with van der Waals surface area (Å²) in [6, 6.07) is 2.93. The van der Waals surface area contributed by atoms with Crippen molar-refractivity contribution < 1.29 is 14.3 Å².